The van der Waals surface area contributed by atoms with Gasteiger partial charge in [0, 0.05) is 6.04 Å². The topological polar surface area (TPSA) is 57.6 Å². The third-order valence-corrected chi connectivity index (χ3v) is 5.25. The Morgan fingerprint density at radius 2 is 1.58 bits per heavy atom. The van der Waals surface area contributed by atoms with Crippen molar-refractivity contribution in [3.8, 4) is 0 Å². The molecule has 4 nitrogen and oxygen atoms in total. The van der Waals surface area contributed by atoms with Crippen molar-refractivity contribution in [2.45, 2.75) is 64.0 Å². The van der Waals surface area contributed by atoms with Crippen molar-refractivity contribution in [3.05, 3.63) is 0 Å². The van der Waals surface area contributed by atoms with Crippen LogP contribution in [0.25, 0.3) is 0 Å². The van der Waals surface area contributed by atoms with Gasteiger partial charge in [-0.15, -0.1) is 0 Å². The first-order valence-corrected chi connectivity index (χ1v) is 7.63. The minimum atomic E-state index is -0.244. The van der Waals surface area contributed by atoms with Crippen LogP contribution >= 0.6 is 0 Å². The van der Waals surface area contributed by atoms with E-state index in [1.807, 2.05) is 0 Å². The molecule has 0 aromatic rings. The first-order valence-electron chi connectivity index (χ1n) is 7.63. The molecule has 0 aromatic heterocycles. The Morgan fingerprint density at radius 3 is 2.26 bits per heavy atom. The van der Waals surface area contributed by atoms with E-state index in [1.165, 1.54) is 0 Å². The lowest BCUT2D eigenvalue weighted by Crippen LogP contribution is -2.43. The van der Waals surface area contributed by atoms with E-state index in [-0.39, 0.29) is 35.8 Å². The zero-order chi connectivity index (χ0) is 13.6. The molecule has 1 aliphatic heterocycles. The summed E-state index contributed by atoms with van der Waals surface area (Å²) in [6.07, 6.45) is 5.55. The van der Waals surface area contributed by atoms with Gasteiger partial charge in [-0.1, -0.05) is 6.92 Å². The highest BCUT2D eigenvalue weighted by atomic mass is 16.3. The standard InChI is InChI=1S/C15H23NO3/c1-9-2-7-12-13(8-9)15(19)16(14(12)18)10-3-5-11(17)6-4-10/h9-13,17H,2-8H2,1H3. The molecule has 3 atom stereocenters. The molecule has 0 spiro atoms. The van der Waals surface area contributed by atoms with Crippen molar-refractivity contribution in [1.29, 1.82) is 0 Å². The number of hydrogen-bond donors (Lipinski definition) is 1. The number of carbonyl (C=O) groups excluding carboxylic acids is 2. The van der Waals surface area contributed by atoms with Crippen molar-refractivity contribution >= 4 is 11.8 Å². The lowest BCUT2D eigenvalue weighted by Gasteiger charge is -2.32. The molecule has 106 valence electrons. The highest BCUT2D eigenvalue weighted by Crippen LogP contribution is 2.42. The van der Waals surface area contributed by atoms with Crippen LogP contribution in [-0.2, 0) is 9.59 Å². The summed E-state index contributed by atoms with van der Waals surface area (Å²) >= 11 is 0. The van der Waals surface area contributed by atoms with Gasteiger partial charge >= 0.3 is 0 Å². The van der Waals surface area contributed by atoms with Crippen LogP contribution in [0.5, 0.6) is 0 Å². The first kappa shape index (κ1) is 13.1. The lowest BCUT2D eigenvalue weighted by atomic mass is 9.76. The second-order valence-electron chi connectivity index (χ2n) is 6.64. The fourth-order valence-corrected chi connectivity index (χ4v) is 4.09. The molecular formula is C15H23NO3. The molecule has 1 N–H and O–H groups in total. The third-order valence-electron chi connectivity index (χ3n) is 5.25. The summed E-state index contributed by atoms with van der Waals surface area (Å²) in [6.45, 7) is 2.17. The van der Waals surface area contributed by atoms with Crippen LogP contribution in [-0.4, -0.2) is 34.0 Å². The summed E-state index contributed by atoms with van der Waals surface area (Å²) in [5, 5.41) is 9.55. The number of carbonyl (C=O) groups is 2. The van der Waals surface area contributed by atoms with Gasteiger partial charge in [-0.3, -0.25) is 14.5 Å². The number of fused-ring (bicyclic) bond motifs is 1. The predicted octanol–water partition coefficient (Wildman–Crippen LogP) is 1.71. The second kappa shape index (κ2) is 4.89. The van der Waals surface area contributed by atoms with Crippen LogP contribution in [0.4, 0.5) is 0 Å². The van der Waals surface area contributed by atoms with Gasteiger partial charge in [0.05, 0.1) is 17.9 Å². The predicted molar refractivity (Wildman–Crippen MR) is 70.1 cm³/mol. The molecule has 1 saturated heterocycles. The summed E-state index contributed by atoms with van der Waals surface area (Å²) in [4.78, 5) is 26.6. The van der Waals surface area contributed by atoms with Crippen molar-refractivity contribution in [2.75, 3.05) is 0 Å². The molecule has 1 heterocycles. The van der Waals surface area contributed by atoms with Crippen molar-refractivity contribution in [1.82, 2.24) is 4.90 Å². The maximum Gasteiger partial charge on any atom is 0.233 e. The van der Waals surface area contributed by atoms with Gasteiger partial charge in [0.25, 0.3) is 0 Å². The van der Waals surface area contributed by atoms with Crippen LogP contribution in [0.2, 0.25) is 0 Å². The molecule has 4 heteroatoms. The molecule has 3 aliphatic rings. The summed E-state index contributed by atoms with van der Waals surface area (Å²) in [6, 6.07) is 0.0457. The number of imide groups is 1. The molecule has 0 radical (unpaired) electrons. The maximum atomic E-state index is 12.5. The average molecular weight is 265 g/mol. The van der Waals surface area contributed by atoms with Crippen molar-refractivity contribution in [3.63, 3.8) is 0 Å². The number of amides is 2. The van der Waals surface area contributed by atoms with Crippen LogP contribution in [0.15, 0.2) is 0 Å². The zero-order valence-corrected chi connectivity index (χ0v) is 11.5. The third kappa shape index (κ3) is 2.20. The van der Waals surface area contributed by atoms with E-state index < -0.39 is 0 Å². The van der Waals surface area contributed by atoms with Crippen molar-refractivity contribution < 1.29 is 14.7 Å². The number of rotatable bonds is 1. The summed E-state index contributed by atoms with van der Waals surface area (Å²) in [5.74, 6) is 0.607. The van der Waals surface area contributed by atoms with E-state index in [4.69, 9.17) is 0 Å². The minimum Gasteiger partial charge on any atom is -0.393 e. The minimum absolute atomic E-state index is 0.0457. The Hall–Kier alpha value is -0.900. The Kier molecular flexibility index (Phi) is 3.37. The average Bonchev–Trinajstić information content (AvgIpc) is 2.63. The molecule has 0 aromatic carbocycles. The molecule has 2 amide bonds. The van der Waals surface area contributed by atoms with E-state index in [0.29, 0.717) is 18.8 Å². The highest BCUT2D eigenvalue weighted by molar-refractivity contribution is 6.05. The normalized spacial score (nSPS) is 43.5. The lowest BCUT2D eigenvalue weighted by molar-refractivity contribution is -0.144. The number of nitrogens with zero attached hydrogens (tertiary/aromatic N) is 1. The molecule has 3 fully saturated rings. The van der Waals surface area contributed by atoms with E-state index in [0.717, 1.165) is 32.1 Å². The number of aliphatic hydroxyl groups excluding tert-OH is 1. The monoisotopic (exact) mass is 265 g/mol. The summed E-state index contributed by atoms with van der Waals surface area (Å²) in [5.41, 5.74) is 0. The van der Waals surface area contributed by atoms with E-state index in [2.05, 4.69) is 6.92 Å². The van der Waals surface area contributed by atoms with Gasteiger partial charge in [-0.25, -0.2) is 0 Å². The van der Waals surface area contributed by atoms with Crippen molar-refractivity contribution in [2.24, 2.45) is 17.8 Å². The number of aliphatic hydroxyl groups is 1. The van der Waals surface area contributed by atoms with Gasteiger partial charge in [0.2, 0.25) is 11.8 Å². The van der Waals surface area contributed by atoms with Crippen LogP contribution in [0.1, 0.15) is 51.9 Å². The van der Waals surface area contributed by atoms with Crippen LogP contribution < -0.4 is 0 Å². The molecular weight excluding hydrogens is 242 g/mol. The molecule has 19 heavy (non-hydrogen) atoms. The fourth-order valence-electron chi connectivity index (χ4n) is 4.09. The maximum absolute atomic E-state index is 12.5. The van der Waals surface area contributed by atoms with Gasteiger partial charge in [-0.05, 0) is 50.9 Å². The largest absolute Gasteiger partial charge is 0.393 e. The Labute approximate surface area is 114 Å². The Morgan fingerprint density at radius 1 is 0.947 bits per heavy atom. The van der Waals surface area contributed by atoms with Gasteiger partial charge in [-0.2, -0.15) is 0 Å². The van der Waals surface area contributed by atoms with Crippen LogP contribution in [0, 0.1) is 17.8 Å². The first-order chi connectivity index (χ1) is 9.08. The highest BCUT2D eigenvalue weighted by Gasteiger charge is 2.51. The molecule has 2 aliphatic carbocycles. The van der Waals surface area contributed by atoms with E-state index in [9.17, 15) is 14.7 Å². The number of likely N-dealkylation sites (tertiary alicyclic amines) is 1. The fraction of sp³-hybridized carbons (Fsp3) is 0.867. The Balaban J connectivity index is 1.75. The van der Waals surface area contributed by atoms with Gasteiger partial charge in [0.1, 0.15) is 0 Å². The quantitative estimate of drug-likeness (QED) is 0.734. The zero-order valence-electron chi connectivity index (χ0n) is 11.5. The SMILES string of the molecule is CC1CCC2C(=O)N(C3CCC(O)CC3)C(=O)C2C1. The molecule has 2 saturated carbocycles. The van der Waals surface area contributed by atoms with Crippen LogP contribution in [0.3, 0.4) is 0 Å². The van der Waals surface area contributed by atoms with E-state index in [1.54, 1.807) is 4.90 Å². The summed E-state index contributed by atoms with van der Waals surface area (Å²) < 4.78 is 0. The Bertz CT molecular complexity index is 387. The smallest absolute Gasteiger partial charge is 0.233 e. The van der Waals surface area contributed by atoms with Gasteiger partial charge < -0.3 is 5.11 Å². The second-order valence-corrected chi connectivity index (χ2v) is 6.64. The van der Waals surface area contributed by atoms with E-state index >= 15 is 0 Å². The number of hydrogen-bond acceptors (Lipinski definition) is 3. The van der Waals surface area contributed by atoms with Gasteiger partial charge in [0.15, 0.2) is 0 Å². The molecule has 0 bridgehead atoms. The molecule has 3 rings (SSSR count). The molecule has 3 unspecified atom stereocenters. The summed E-state index contributed by atoms with van der Waals surface area (Å²) in [7, 11) is 0.